The lowest BCUT2D eigenvalue weighted by atomic mass is 10.0. The van der Waals surface area contributed by atoms with Crippen molar-refractivity contribution in [3.8, 4) is 5.88 Å². The number of rotatable bonds is 17. The number of anilines is 1. The third-order valence-corrected chi connectivity index (χ3v) is 7.28. The number of aromatic nitrogens is 1. The number of likely N-dealkylation sites (N-methyl/N-ethyl adjacent to an activating group) is 1. The van der Waals surface area contributed by atoms with Crippen LogP contribution in [0, 0.1) is 5.92 Å². The second-order valence-corrected chi connectivity index (χ2v) is 11.4. The summed E-state index contributed by atoms with van der Waals surface area (Å²) in [6, 6.07) is 2.78. The number of hydrogen-bond donors (Lipinski definition) is 1. The van der Waals surface area contributed by atoms with E-state index in [1.807, 2.05) is 0 Å². The highest BCUT2D eigenvalue weighted by molar-refractivity contribution is 5.86. The number of nitrogens with zero attached hydrogens (tertiary/aromatic N) is 3. The molecule has 218 valence electrons. The highest BCUT2D eigenvalue weighted by atomic mass is 19.3. The molecule has 1 aliphatic heterocycles. The Bertz CT molecular complexity index is 841. The normalized spacial score (nSPS) is 16.6. The van der Waals surface area contributed by atoms with E-state index in [2.05, 4.69) is 37.7 Å². The van der Waals surface area contributed by atoms with Crippen LogP contribution < -0.4 is 9.64 Å². The van der Waals surface area contributed by atoms with Crippen molar-refractivity contribution in [2.45, 2.75) is 96.4 Å². The van der Waals surface area contributed by atoms with E-state index in [9.17, 15) is 13.6 Å². The number of methoxy groups -OCH3 is 1. The molecular formula is C29H49F2N3O4. The number of alkyl halides is 2. The number of carbonyl (C=O) groups is 1. The van der Waals surface area contributed by atoms with Gasteiger partial charge >= 0.3 is 5.97 Å². The van der Waals surface area contributed by atoms with Crippen molar-refractivity contribution in [1.82, 2.24) is 9.88 Å². The first-order chi connectivity index (χ1) is 18.0. The van der Waals surface area contributed by atoms with Gasteiger partial charge < -0.3 is 19.5 Å². The lowest BCUT2D eigenvalue weighted by Crippen LogP contribution is -2.56. The number of unbranched alkanes of at least 4 members (excludes halogenated alkanes) is 7. The molecule has 0 spiro atoms. The van der Waals surface area contributed by atoms with E-state index >= 15 is 0 Å². The van der Waals surface area contributed by atoms with Gasteiger partial charge in [-0.1, -0.05) is 51.9 Å². The Balaban J connectivity index is 0.000000269. The maximum Gasteiger partial charge on any atom is 0.354 e. The Kier molecular flexibility index (Phi) is 13.2. The second-order valence-electron chi connectivity index (χ2n) is 11.4. The van der Waals surface area contributed by atoms with Gasteiger partial charge in [0.2, 0.25) is 5.88 Å². The van der Waals surface area contributed by atoms with Crippen LogP contribution >= 0.6 is 0 Å². The Labute approximate surface area is 227 Å². The molecule has 0 radical (unpaired) electrons. The van der Waals surface area contributed by atoms with E-state index in [-0.39, 0.29) is 30.2 Å². The summed E-state index contributed by atoms with van der Waals surface area (Å²) in [6.07, 6.45) is 13.3. The van der Waals surface area contributed by atoms with Gasteiger partial charge in [-0.25, -0.2) is 18.6 Å². The Hall–Kier alpha value is -2.00. The van der Waals surface area contributed by atoms with Crippen LogP contribution in [0.1, 0.15) is 95.5 Å². The summed E-state index contributed by atoms with van der Waals surface area (Å²) >= 11 is 0. The van der Waals surface area contributed by atoms with Crippen molar-refractivity contribution in [2.75, 3.05) is 51.9 Å². The SMILES string of the molecule is CCCCCCCCCCN(C)C(C)(C)COC.O=C(O)c1ccc(N2CC(F)(F)C2)c(OCC2CC2)n1. The fraction of sp³-hybridized carbons (Fsp3) is 0.793. The molecule has 0 unspecified atom stereocenters. The number of halogens is 2. The predicted molar refractivity (Wildman–Crippen MR) is 148 cm³/mol. The molecule has 38 heavy (non-hydrogen) atoms. The van der Waals surface area contributed by atoms with E-state index in [4.69, 9.17) is 14.6 Å². The van der Waals surface area contributed by atoms with Crippen LogP contribution in [0.25, 0.3) is 0 Å². The first-order valence-corrected chi connectivity index (χ1v) is 14.2. The van der Waals surface area contributed by atoms with Gasteiger partial charge in [-0.2, -0.15) is 0 Å². The summed E-state index contributed by atoms with van der Waals surface area (Å²) in [4.78, 5) is 18.7. The van der Waals surface area contributed by atoms with Gasteiger partial charge in [0.05, 0.1) is 26.3 Å². The lowest BCUT2D eigenvalue weighted by molar-refractivity contribution is -0.0265. The zero-order valence-corrected chi connectivity index (χ0v) is 24.1. The van der Waals surface area contributed by atoms with Gasteiger partial charge in [0, 0.05) is 12.6 Å². The molecule has 1 aliphatic carbocycles. The monoisotopic (exact) mass is 541 g/mol. The van der Waals surface area contributed by atoms with Crippen LogP contribution in [0.5, 0.6) is 5.88 Å². The first-order valence-electron chi connectivity index (χ1n) is 14.2. The number of carboxylic acids is 1. The third kappa shape index (κ3) is 11.4. The van der Waals surface area contributed by atoms with Gasteiger partial charge in [0.1, 0.15) is 5.69 Å². The summed E-state index contributed by atoms with van der Waals surface area (Å²) in [5.74, 6) is -3.26. The van der Waals surface area contributed by atoms with Crippen LogP contribution in [0.15, 0.2) is 12.1 Å². The Morgan fingerprint density at radius 2 is 1.74 bits per heavy atom. The maximum atomic E-state index is 12.9. The molecule has 0 aromatic carbocycles. The van der Waals surface area contributed by atoms with Crippen LogP contribution in [-0.2, 0) is 4.74 Å². The van der Waals surface area contributed by atoms with Gasteiger partial charge in [0.25, 0.3) is 5.92 Å². The van der Waals surface area contributed by atoms with E-state index < -0.39 is 11.9 Å². The van der Waals surface area contributed by atoms with Gasteiger partial charge in [-0.3, -0.25) is 4.90 Å². The van der Waals surface area contributed by atoms with Crippen LogP contribution in [0.4, 0.5) is 14.5 Å². The van der Waals surface area contributed by atoms with Crippen LogP contribution in [0.3, 0.4) is 0 Å². The molecule has 0 amide bonds. The van der Waals surface area contributed by atoms with Crippen molar-refractivity contribution in [1.29, 1.82) is 0 Å². The van der Waals surface area contributed by atoms with Crippen LogP contribution in [-0.4, -0.2) is 79.4 Å². The third-order valence-electron chi connectivity index (χ3n) is 7.28. The minimum absolute atomic E-state index is 0.132. The molecule has 2 heterocycles. The molecule has 3 rings (SSSR count). The average Bonchev–Trinajstić information content (AvgIpc) is 3.67. The molecule has 1 aromatic heterocycles. The van der Waals surface area contributed by atoms with Gasteiger partial charge in [-0.05, 0) is 64.8 Å². The zero-order chi connectivity index (χ0) is 28.2. The molecule has 1 saturated carbocycles. The molecular weight excluding hydrogens is 492 g/mol. The summed E-state index contributed by atoms with van der Waals surface area (Å²) in [7, 11) is 3.99. The lowest BCUT2D eigenvalue weighted by Gasteiger charge is -2.40. The number of pyridine rings is 1. The van der Waals surface area contributed by atoms with Crippen molar-refractivity contribution in [3.05, 3.63) is 17.8 Å². The zero-order valence-electron chi connectivity index (χ0n) is 24.1. The molecule has 1 saturated heterocycles. The Morgan fingerprint density at radius 1 is 1.13 bits per heavy atom. The summed E-state index contributed by atoms with van der Waals surface area (Å²) < 4.78 is 36.7. The second kappa shape index (κ2) is 15.6. The largest absolute Gasteiger partial charge is 0.477 e. The van der Waals surface area contributed by atoms with E-state index in [1.54, 1.807) is 7.11 Å². The number of hydrogen-bond acceptors (Lipinski definition) is 6. The molecule has 7 nitrogen and oxygen atoms in total. The van der Waals surface area contributed by atoms with Gasteiger partial charge in [-0.15, -0.1) is 0 Å². The number of aromatic carboxylic acids is 1. The highest BCUT2D eigenvalue weighted by Gasteiger charge is 2.45. The quantitative estimate of drug-likeness (QED) is 0.225. The van der Waals surface area contributed by atoms with E-state index in [1.165, 1.54) is 74.9 Å². The fourth-order valence-corrected chi connectivity index (χ4v) is 4.31. The minimum atomic E-state index is -2.70. The smallest absolute Gasteiger partial charge is 0.354 e. The average molecular weight is 542 g/mol. The fourth-order valence-electron chi connectivity index (χ4n) is 4.31. The van der Waals surface area contributed by atoms with Crippen molar-refractivity contribution in [2.24, 2.45) is 5.92 Å². The number of carboxylic acid groups (broad SMARTS) is 1. The molecule has 1 N–H and O–H groups in total. The summed E-state index contributed by atoms with van der Waals surface area (Å²) in [5.41, 5.74) is 0.448. The van der Waals surface area contributed by atoms with Gasteiger partial charge in [0.15, 0.2) is 5.69 Å². The van der Waals surface area contributed by atoms with E-state index in [0.29, 0.717) is 18.2 Å². The number of ether oxygens (including phenoxy) is 2. The van der Waals surface area contributed by atoms with Crippen molar-refractivity contribution < 1.29 is 28.2 Å². The first kappa shape index (κ1) is 32.2. The standard InChI is InChI=1S/C16H35NO.C13H14F2N2O3/c1-6-7-8-9-10-11-12-13-14-17(4)16(2,3)15-18-5;14-13(15)6-17(7-13)10-4-3-9(12(18)19)16-11(10)20-5-8-1-2-8/h6-15H2,1-5H3;3-4,8H,1-2,5-7H2,(H,18,19). The topological polar surface area (TPSA) is 75.1 Å². The molecule has 2 aliphatic rings. The highest BCUT2D eigenvalue weighted by Crippen LogP contribution is 2.37. The van der Waals surface area contributed by atoms with E-state index in [0.717, 1.165) is 19.4 Å². The predicted octanol–water partition coefficient (Wildman–Crippen LogP) is 6.51. The summed E-state index contributed by atoms with van der Waals surface area (Å²) in [5, 5.41) is 8.93. The summed E-state index contributed by atoms with van der Waals surface area (Å²) in [6.45, 7) is 8.45. The maximum absolute atomic E-state index is 12.9. The molecule has 1 aromatic rings. The Morgan fingerprint density at radius 3 is 2.26 bits per heavy atom. The minimum Gasteiger partial charge on any atom is -0.477 e. The molecule has 2 fully saturated rings. The van der Waals surface area contributed by atoms with Crippen LogP contribution in [0.2, 0.25) is 0 Å². The molecule has 0 atom stereocenters. The van der Waals surface area contributed by atoms with Crippen molar-refractivity contribution in [3.63, 3.8) is 0 Å². The molecule has 0 bridgehead atoms. The molecule has 9 heteroatoms. The van der Waals surface area contributed by atoms with Crippen molar-refractivity contribution >= 4 is 11.7 Å².